The van der Waals surface area contributed by atoms with Crippen LogP contribution in [0.2, 0.25) is 0 Å². The van der Waals surface area contributed by atoms with Gasteiger partial charge < -0.3 is 15.2 Å². The van der Waals surface area contributed by atoms with Crippen molar-refractivity contribution in [2.45, 2.75) is 6.67 Å². The molecule has 6 aromatic carbocycles. The first-order valence-corrected chi connectivity index (χ1v) is 17.3. The van der Waals surface area contributed by atoms with Gasteiger partial charge in [-0.25, -0.2) is 0 Å². The van der Waals surface area contributed by atoms with Crippen molar-refractivity contribution in [1.82, 2.24) is 4.57 Å². The van der Waals surface area contributed by atoms with Crippen LogP contribution in [0.3, 0.4) is 0 Å². The van der Waals surface area contributed by atoms with E-state index in [1.807, 2.05) is 54.6 Å². The van der Waals surface area contributed by atoms with Crippen LogP contribution in [0.1, 0.15) is 16.7 Å². The molecule has 4 heteroatoms. The first-order valence-electron chi connectivity index (χ1n) is 17.3. The van der Waals surface area contributed by atoms with Crippen LogP contribution in [0.4, 0.5) is 11.4 Å². The highest BCUT2D eigenvalue weighted by atomic mass is 15.1. The van der Waals surface area contributed by atoms with Crippen LogP contribution in [0, 0.1) is 0 Å². The normalized spacial score (nSPS) is 14.9. The molecule has 4 nitrogen and oxygen atoms in total. The number of nitrogens with two attached hydrogens (primary N) is 1. The number of allylic oxidation sites excluding steroid dienone is 5. The molecule has 8 rings (SSSR count). The van der Waals surface area contributed by atoms with E-state index < -0.39 is 0 Å². The maximum atomic E-state index is 6.63. The molecule has 51 heavy (non-hydrogen) atoms. The second-order valence-electron chi connectivity index (χ2n) is 12.7. The fraction of sp³-hybridized carbons (Fsp3) is 0.0426. The Labute approximate surface area is 299 Å². The van der Waals surface area contributed by atoms with E-state index in [-0.39, 0.29) is 0 Å². The van der Waals surface area contributed by atoms with Crippen molar-refractivity contribution in [3.8, 4) is 11.1 Å². The zero-order chi connectivity index (χ0) is 34.6. The van der Waals surface area contributed by atoms with Gasteiger partial charge in [0.2, 0.25) is 0 Å². The van der Waals surface area contributed by atoms with Gasteiger partial charge in [-0.2, -0.15) is 0 Å². The molecule has 7 aromatic rings. The molecule has 0 bridgehead atoms. The van der Waals surface area contributed by atoms with Gasteiger partial charge in [0.25, 0.3) is 0 Å². The second-order valence-corrected chi connectivity index (χ2v) is 12.7. The van der Waals surface area contributed by atoms with Gasteiger partial charge in [-0.3, -0.25) is 4.99 Å². The molecule has 0 aliphatic carbocycles. The SMILES string of the molecule is C=C1/C=C\C=C/CN(c2ccccc2)c2ccc(-c3ccc4c5ccccc5n(C/N=C(\C=C(/N)c5ccccc5)c5ccccc5)c4c3)cc21. The Bertz CT molecular complexity index is 2480. The summed E-state index contributed by atoms with van der Waals surface area (Å²) in [7, 11) is 0. The van der Waals surface area contributed by atoms with Crippen molar-refractivity contribution in [3.63, 3.8) is 0 Å². The van der Waals surface area contributed by atoms with Crippen LogP contribution in [0.5, 0.6) is 0 Å². The predicted molar refractivity (Wildman–Crippen MR) is 217 cm³/mol. The van der Waals surface area contributed by atoms with Gasteiger partial charge in [0.1, 0.15) is 6.67 Å². The van der Waals surface area contributed by atoms with Crippen LogP contribution >= 0.6 is 0 Å². The summed E-state index contributed by atoms with van der Waals surface area (Å²) < 4.78 is 2.31. The third-order valence-electron chi connectivity index (χ3n) is 9.49. The van der Waals surface area contributed by atoms with Gasteiger partial charge in [0.15, 0.2) is 0 Å². The Morgan fingerprint density at radius 2 is 1.31 bits per heavy atom. The molecule has 0 fully saturated rings. The van der Waals surface area contributed by atoms with Crippen molar-refractivity contribution < 1.29 is 0 Å². The average molecular weight is 659 g/mol. The number of rotatable bonds is 7. The standard InChI is InChI=1S/C47H38N4/c1-34-16-6-5-15-29-50(39-21-11-4-12-22-39)46-28-26-37(30-42(34)46)38-25-27-41-40-23-13-14-24-45(40)51(47(41)31-38)33-49-44(36-19-9-3-10-20-36)32-43(48)35-17-7-2-8-18-35/h2-28,30-32H,1,29,33,48H2/b15-5-,16-6-,43-32-,49-44+. The number of hydrogen-bond acceptors (Lipinski definition) is 3. The first kappa shape index (κ1) is 31.6. The molecule has 2 N–H and O–H groups in total. The van der Waals surface area contributed by atoms with E-state index in [1.54, 1.807) is 0 Å². The molecular formula is C47H38N4. The van der Waals surface area contributed by atoms with Crippen LogP contribution < -0.4 is 10.6 Å². The summed E-state index contributed by atoms with van der Waals surface area (Å²) in [6.45, 7) is 5.67. The maximum Gasteiger partial charge on any atom is 0.115 e. The van der Waals surface area contributed by atoms with Crippen molar-refractivity contribution >= 4 is 50.2 Å². The summed E-state index contributed by atoms with van der Waals surface area (Å²) in [6, 6.07) is 52.9. The molecule has 1 aliphatic rings. The van der Waals surface area contributed by atoms with Crippen molar-refractivity contribution in [1.29, 1.82) is 0 Å². The van der Waals surface area contributed by atoms with Gasteiger partial charge in [-0.05, 0) is 70.3 Å². The molecule has 2 heterocycles. The van der Waals surface area contributed by atoms with Crippen LogP contribution in [-0.4, -0.2) is 16.8 Å². The van der Waals surface area contributed by atoms with E-state index in [1.165, 1.54) is 10.8 Å². The molecule has 0 atom stereocenters. The van der Waals surface area contributed by atoms with Gasteiger partial charge >= 0.3 is 0 Å². The lowest BCUT2D eigenvalue weighted by molar-refractivity contribution is 0.793. The van der Waals surface area contributed by atoms with E-state index in [4.69, 9.17) is 10.7 Å². The smallest absolute Gasteiger partial charge is 0.115 e. The molecule has 0 spiro atoms. The molecule has 246 valence electrons. The largest absolute Gasteiger partial charge is 0.398 e. The lowest BCUT2D eigenvalue weighted by Gasteiger charge is -2.27. The molecule has 0 radical (unpaired) electrons. The highest BCUT2D eigenvalue weighted by Crippen LogP contribution is 2.38. The zero-order valence-corrected chi connectivity index (χ0v) is 28.4. The Kier molecular flexibility index (Phi) is 8.72. The maximum absolute atomic E-state index is 6.63. The Morgan fingerprint density at radius 1 is 0.667 bits per heavy atom. The third-order valence-corrected chi connectivity index (χ3v) is 9.49. The summed E-state index contributed by atoms with van der Waals surface area (Å²) in [6.07, 6.45) is 10.4. The van der Waals surface area contributed by atoms with E-state index in [2.05, 4.69) is 143 Å². The molecule has 0 unspecified atom stereocenters. The lowest BCUT2D eigenvalue weighted by atomic mass is 9.96. The minimum Gasteiger partial charge on any atom is -0.398 e. The number of para-hydroxylation sites is 2. The Balaban J connectivity index is 1.24. The second kappa shape index (κ2) is 14.1. The quantitative estimate of drug-likeness (QED) is 0.173. The van der Waals surface area contributed by atoms with E-state index in [0.29, 0.717) is 12.4 Å². The number of aliphatic imine (C=N–C) groups is 1. The number of hydrogen-bond donors (Lipinski definition) is 1. The molecule has 0 saturated carbocycles. The summed E-state index contributed by atoms with van der Waals surface area (Å²) in [5, 5.41) is 2.40. The zero-order valence-electron chi connectivity index (χ0n) is 28.4. The monoisotopic (exact) mass is 658 g/mol. The van der Waals surface area contributed by atoms with E-state index in [0.717, 1.165) is 68.1 Å². The lowest BCUT2D eigenvalue weighted by Crippen LogP contribution is -2.18. The number of anilines is 2. The average Bonchev–Trinajstić information content (AvgIpc) is 3.54. The first-order chi connectivity index (χ1) is 25.1. The minimum absolute atomic E-state index is 0.432. The van der Waals surface area contributed by atoms with Gasteiger partial charge in [-0.15, -0.1) is 0 Å². The van der Waals surface area contributed by atoms with Gasteiger partial charge in [-0.1, -0.05) is 146 Å². The van der Waals surface area contributed by atoms with Gasteiger partial charge in [0.05, 0.1) is 16.7 Å². The summed E-state index contributed by atoms with van der Waals surface area (Å²) in [5.41, 5.74) is 19.0. The molecule has 0 saturated heterocycles. The molecule has 1 aromatic heterocycles. The number of nitrogens with zero attached hydrogens (tertiary/aromatic N) is 3. The fourth-order valence-corrected chi connectivity index (χ4v) is 6.88. The topological polar surface area (TPSA) is 46.5 Å². The van der Waals surface area contributed by atoms with Crippen LogP contribution in [0.25, 0.3) is 44.2 Å². The number of fused-ring (bicyclic) bond motifs is 4. The van der Waals surface area contributed by atoms with E-state index in [9.17, 15) is 0 Å². The minimum atomic E-state index is 0.432. The summed E-state index contributed by atoms with van der Waals surface area (Å²) in [5.74, 6) is 0. The third kappa shape index (κ3) is 6.43. The highest BCUT2D eigenvalue weighted by molar-refractivity contribution is 6.12. The Hall–Kier alpha value is -6.65. The molecule has 0 amide bonds. The predicted octanol–water partition coefficient (Wildman–Crippen LogP) is 11.2. The van der Waals surface area contributed by atoms with Crippen molar-refractivity contribution in [2.24, 2.45) is 10.7 Å². The fourth-order valence-electron chi connectivity index (χ4n) is 6.88. The van der Waals surface area contributed by atoms with E-state index >= 15 is 0 Å². The van der Waals surface area contributed by atoms with Crippen molar-refractivity contribution in [3.05, 3.63) is 205 Å². The highest BCUT2D eigenvalue weighted by Gasteiger charge is 2.17. The number of benzene rings is 6. The molecule has 1 aliphatic heterocycles. The Morgan fingerprint density at radius 3 is 2.10 bits per heavy atom. The summed E-state index contributed by atoms with van der Waals surface area (Å²) >= 11 is 0. The molecular weight excluding hydrogens is 621 g/mol. The van der Waals surface area contributed by atoms with Crippen molar-refractivity contribution in [2.75, 3.05) is 11.4 Å². The number of aromatic nitrogens is 1. The summed E-state index contributed by atoms with van der Waals surface area (Å²) in [4.78, 5) is 7.57. The van der Waals surface area contributed by atoms with Gasteiger partial charge in [0, 0.05) is 40.0 Å². The van der Waals surface area contributed by atoms with Crippen LogP contribution in [0.15, 0.2) is 194 Å². The van der Waals surface area contributed by atoms with Crippen LogP contribution in [-0.2, 0) is 6.67 Å².